The summed E-state index contributed by atoms with van der Waals surface area (Å²) in [6.45, 7) is 4.33. The zero-order chi connectivity index (χ0) is 15.2. The molecule has 1 aromatic carbocycles. The lowest BCUT2D eigenvalue weighted by Crippen LogP contribution is -2.21. The SMILES string of the molecule is CCC(CC)C(=O)Nc1cnn(Cc2ccccc2F)c1. The summed E-state index contributed by atoms with van der Waals surface area (Å²) >= 11 is 0. The van der Waals surface area contributed by atoms with E-state index in [0.717, 1.165) is 12.8 Å². The van der Waals surface area contributed by atoms with E-state index in [0.29, 0.717) is 17.8 Å². The Balaban J connectivity index is 2.02. The van der Waals surface area contributed by atoms with Crippen molar-refractivity contribution in [3.63, 3.8) is 0 Å². The molecular formula is C16H20FN3O. The quantitative estimate of drug-likeness (QED) is 0.885. The maximum absolute atomic E-state index is 13.6. The second kappa shape index (κ2) is 7.02. The number of carbonyl (C=O) groups excluding carboxylic acids is 1. The summed E-state index contributed by atoms with van der Waals surface area (Å²) in [6.07, 6.45) is 4.92. The first-order chi connectivity index (χ1) is 10.1. The molecule has 1 N–H and O–H groups in total. The van der Waals surface area contributed by atoms with Crippen molar-refractivity contribution < 1.29 is 9.18 Å². The molecule has 1 amide bonds. The minimum Gasteiger partial charge on any atom is -0.323 e. The molecule has 5 heteroatoms. The van der Waals surface area contributed by atoms with E-state index in [1.54, 1.807) is 35.3 Å². The highest BCUT2D eigenvalue weighted by atomic mass is 19.1. The zero-order valence-corrected chi connectivity index (χ0v) is 12.3. The Kier molecular flexibility index (Phi) is 5.09. The third-order valence-corrected chi connectivity index (χ3v) is 3.55. The second-order valence-corrected chi connectivity index (χ2v) is 5.02. The van der Waals surface area contributed by atoms with Gasteiger partial charge in [-0.2, -0.15) is 5.10 Å². The number of halogens is 1. The number of carbonyl (C=O) groups is 1. The summed E-state index contributed by atoms with van der Waals surface area (Å²) in [5, 5.41) is 7.00. The van der Waals surface area contributed by atoms with Crippen molar-refractivity contribution in [3.8, 4) is 0 Å². The molecule has 112 valence electrons. The van der Waals surface area contributed by atoms with Crippen molar-refractivity contribution in [2.24, 2.45) is 5.92 Å². The summed E-state index contributed by atoms with van der Waals surface area (Å²) in [5.74, 6) is -0.235. The highest BCUT2D eigenvalue weighted by Gasteiger charge is 2.14. The van der Waals surface area contributed by atoms with E-state index in [4.69, 9.17) is 0 Å². The minimum atomic E-state index is -0.254. The Morgan fingerprint density at radius 3 is 2.71 bits per heavy atom. The van der Waals surface area contributed by atoms with Crippen LogP contribution in [0.3, 0.4) is 0 Å². The van der Waals surface area contributed by atoms with Crippen molar-refractivity contribution in [1.29, 1.82) is 0 Å². The van der Waals surface area contributed by atoms with E-state index in [9.17, 15) is 9.18 Å². The van der Waals surface area contributed by atoms with Gasteiger partial charge in [0.2, 0.25) is 5.91 Å². The Labute approximate surface area is 124 Å². The standard InChI is InChI=1S/C16H20FN3O/c1-3-12(4-2)16(21)19-14-9-18-20(11-14)10-13-7-5-6-8-15(13)17/h5-9,11-12H,3-4,10H2,1-2H3,(H,19,21). The van der Waals surface area contributed by atoms with Gasteiger partial charge < -0.3 is 5.32 Å². The lowest BCUT2D eigenvalue weighted by molar-refractivity contribution is -0.120. The van der Waals surface area contributed by atoms with Gasteiger partial charge in [0.05, 0.1) is 18.4 Å². The molecule has 0 fully saturated rings. The van der Waals surface area contributed by atoms with Crippen molar-refractivity contribution in [2.45, 2.75) is 33.2 Å². The van der Waals surface area contributed by atoms with Crippen molar-refractivity contribution in [1.82, 2.24) is 9.78 Å². The molecule has 0 atom stereocenters. The molecule has 1 heterocycles. The Morgan fingerprint density at radius 2 is 2.05 bits per heavy atom. The van der Waals surface area contributed by atoms with Gasteiger partial charge in [0.1, 0.15) is 5.82 Å². The maximum Gasteiger partial charge on any atom is 0.227 e. The molecular weight excluding hydrogens is 269 g/mol. The van der Waals surface area contributed by atoms with Crippen LogP contribution in [0.15, 0.2) is 36.7 Å². The number of nitrogens with one attached hydrogen (secondary N) is 1. The molecule has 0 saturated carbocycles. The van der Waals surface area contributed by atoms with Crippen LogP contribution in [-0.2, 0) is 11.3 Å². The zero-order valence-electron chi connectivity index (χ0n) is 12.3. The third kappa shape index (κ3) is 3.90. The van der Waals surface area contributed by atoms with Crippen LogP contribution in [-0.4, -0.2) is 15.7 Å². The van der Waals surface area contributed by atoms with E-state index in [1.165, 1.54) is 6.07 Å². The lowest BCUT2D eigenvalue weighted by Gasteiger charge is -2.11. The highest BCUT2D eigenvalue weighted by molar-refractivity contribution is 5.92. The van der Waals surface area contributed by atoms with Crippen LogP contribution in [0.4, 0.5) is 10.1 Å². The number of benzene rings is 1. The van der Waals surface area contributed by atoms with Crippen LogP contribution < -0.4 is 5.32 Å². The molecule has 0 aliphatic heterocycles. The summed E-state index contributed by atoms with van der Waals surface area (Å²) in [6, 6.07) is 6.59. The monoisotopic (exact) mass is 289 g/mol. The fourth-order valence-electron chi connectivity index (χ4n) is 2.22. The summed E-state index contributed by atoms with van der Waals surface area (Å²) in [4.78, 5) is 12.0. The second-order valence-electron chi connectivity index (χ2n) is 5.02. The van der Waals surface area contributed by atoms with E-state index in [2.05, 4.69) is 10.4 Å². The van der Waals surface area contributed by atoms with Gasteiger partial charge in [0, 0.05) is 17.7 Å². The van der Waals surface area contributed by atoms with Crippen LogP contribution in [0.25, 0.3) is 0 Å². The van der Waals surface area contributed by atoms with Gasteiger partial charge in [-0.3, -0.25) is 9.48 Å². The Morgan fingerprint density at radius 1 is 1.33 bits per heavy atom. The third-order valence-electron chi connectivity index (χ3n) is 3.55. The number of hydrogen-bond acceptors (Lipinski definition) is 2. The molecule has 0 unspecified atom stereocenters. The van der Waals surface area contributed by atoms with Gasteiger partial charge >= 0.3 is 0 Å². The van der Waals surface area contributed by atoms with Crippen LogP contribution in [0.2, 0.25) is 0 Å². The van der Waals surface area contributed by atoms with Crippen LogP contribution >= 0.6 is 0 Å². The molecule has 0 aliphatic rings. The van der Waals surface area contributed by atoms with E-state index >= 15 is 0 Å². The Bertz CT molecular complexity index is 605. The van der Waals surface area contributed by atoms with E-state index in [1.807, 2.05) is 13.8 Å². The predicted molar refractivity (Wildman–Crippen MR) is 80.4 cm³/mol. The first-order valence-electron chi connectivity index (χ1n) is 7.20. The molecule has 4 nitrogen and oxygen atoms in total. The summed E-state index contributed by atoms with van der Waals surface area (Å²) < 4.78 is 15.2. The molecule has 0 saturated heterocycles. The minimum absolute atomic E-state index is 0.00504. The van der Waals surface area contributed by atoms with E-state index < -0.39 is 0 Å². The molecule has 0 spiro atoms. The van der Waals surface area contributed by atoms with E-state index in [-0.39, 0.29) is 17.6 Å². The molecule has 2 rings (SSSR count). The fourth-order valence-corrected chi connectivity index (χ4v) is 2.22. The maximum atomic E-state index is 13.6. The van der Waals surface area contributed by atoms with Gasteiger partial charge in [-0.1, -0.05) is 32.0 Å². The van der Waals surface area contributed by atoms with Gasteiger partial charge in [-0.25, -0.2) is 4.39 Å². The number of amides is 1. The molecule has 0 bridgehead atoms. The lowest BCUT2D eigenvalue weighted by atomic mass is 10.0. The van der Waals surface area contributed by atoms with Crippen LogP contribution in [0.1, 0.15) is 32.3 Å². The number of rotatable bonds is 6. The average Bonchev–Trinajstić information content (AvgIpc) is 2.90. The number of aromatic nitrogens is 2. The number of nitrogens with zero attached hydrogens (tertiary/aromatic N) is 2. The first kappa shape index (κ1) is 15.2. The number of hydrogen-bond donors (Lipinski definition) is 1. The van der Waals surface area contributed by atoms with Gasteiger partial charge in [-0.05, 0) is 18.9 Å². The van der Waals surface area contributed by atoms with Crippen molar-refractivity contribution in [2.75, 3.05) is 5.32 Å². The summed E-state index contributed by atoms with van der Waals surface area (Å²) in [7, 11) is 0. The average molecular weight is 289 g/mol. The molecule has 0 radical (unpaired) electrons. The van der Waals surface area contributed by atoms with Crippen LogP contribution in [0.5, 0.6) is 0 Å². The summed E-state index contributed by atoms with van der Waals surface area (Å²) in [5.41, 5.74) is 1.21. The molecule has 1 aromatic heterocycles. The first-order valence-corrected chi connectivity index (χ1v) is 7.20. The van der Waals surface area contributed by atoms with Gasteiger partial charge in [0.25, 0.3) is 0 Å². The smallest absolute Gasteiger partial charge is 0.227 e. The molecule has 2 aromatic rings. The molecule has 0 aliphatic carbocycles. The highest BCUT2D eigenvalue weighted by Crippen LogP contribution is 2.14. The van der Waals surface area contributed by atoms with Crippen LogP contribution in [0, 0.1) is 11.7 Å². The van der Waals surface area contributed by atoms with Gasteiger partial charge in [0.15, 0.2) is 0 Å². The van der Waals surface area contributed by atoms with Crippen molar-refractivity contribution in [3.05, 3.63) is 48.0 Å². The topological polar surface area (TPSA) is 46.9 Å². The predicted octanol–water partition coefficient (Wildman–Crippen LogP) is 3.45. The van der Waals surface area contributed by atoms with Gasteiger partial charge in [-0.15, -0.1) is 0 Å². The van der Waals surface area contributed by atoms with Crippen molar-refractivity contribution >= 4 is 11.6 Å². The normalized spacial score (nSPS) is 10.9. The molecule has 21 heavy (non-hydrogen) atoms. The Hall–Kier alpha value is -2.17. The number of anilines is 1. The largest absolute Gasteiger partial charge is 0.323 e. The fraction of sp³-hybridized carbons (Fsp3) is 0.375.